The number of Topliss-reactive ketones (excluding diaryl/α,β-unsaturated/α-hetero) is 1. The maximum Gasteiger partial charge on any atom is 0.214 e. The molecule has 1 fully saturated rings. The summed E-state index contributed by atoms with van der Waals surface area (Å²) < 4.78 is 72.8. The molecule has 33 heavy (non-hydrogen) atoms. The predicted octanol–water partition coefficient (Wildman–Crippen LogP) is 4.18. The van der Waals surface area contributed by atoms with E-state index in [0.29, 0.717) is 16.7 Å². The minimum Gasteiger partial charge on any atom is -0.384 e. The van der Waals surface area contributed by atoms with Crippen molar-refractivity contribution in [3.05, 3.63) is 81.7 Å². The topological polar surface area (TPSA) is 72.5 Å². The molecule has 3 rings (SSSR count). The number of benzene rings is 2. The van der Waals surface area contributed by atoms with Crippen molar-refractivity contribution in [3.63, 3.8) is 0 Å². The monoisotopic (exact) mass is 479 g/mol. The van der Waals surface area contributed by atoms with Gasteiger partial charge in [-0.05, 0) is 72.9 Å². The molecule has 1 atom stereocenters. The van der Waals surface area contributed by atoms with Crippen molar-refractivity contribution in [3.8, 4) is 0 Å². The summed E-state index contributed by atoms with van der Waals surface area (Å²) in [4.78, 5) is 13.1. The highest BCUT2D eigenvalue weighted by Crippen LogP contribution is 2.29. The number of methoxy groups -OCH3 is 1. The number of sulfonamides is 1. The molecule has 0 radical (unpaired) electrons. The van der Waals surface area contributed by atoms with Crippen molar-refractivity contribution in [2.75, 3.05) is 19.5 Å². The summed E-state index contributed by atoms with van der Waals surface area (Å²) in [5, 5.41) is 0. The number of hydrogen-bond donors (Lipinski definition) is 1. The van der Waals surface area contributed by atoms with Crippen LogP contribution in [0.4, 0.5) is 13.2 Å². The molecule has 0 spiro atoms. The van der Waals surface area contributed by atoms with Crippen molar-refractivity contribution in [1.82, 2.24) is 4.72 Å². The van der Waals surface area contributed by atoms with Crippen molar-refractivity contribution in [2.24, 2.45) is 0 Å². The van der Waals surface area contributed by atoms with Gasteiger partial charge in [0, 0.05) is 24.3 Å². The lowest BCUT2D eigenvalue weighted by Gasteiger charge is -2.26. The van der Waals surface area contributed by atoms with E-state index in [2.05, 4.69) is 4.72 Å². The Morgan fingerprint density at radius 1 is 0.970 bits per heavy atom. The van der Waals surface area contributed by atoms with E-state index in [1.54, 1.807) is 19.1 Å². The lowest BCUT2D eigenvalue weighted by molar-refractivity contribution is -0.113. The van der Waals surface area contributed by atoms with Crippen molar-refractivity contribution in [1.29, 1.82) is 0 Å². The average molecular weight is 480 g/mol. The van der Waals surface area contributed by atoms with Crippen LogP contribution in [0.2, 0.25) is 0 Å². The minimum absolute atomic E-state index is 0.0100. The average Bonchev–Trinajstić information content (AvgIpc) is 2.75. The van der Waals surface area contributed by atoms with E-state index in [4.69, 9.17) is 4.74 Å². The third kappa shape index (κ3) is 6.63. The molecule has 0 amide bonds. The van der Waals surface area contributed by atoms with Gasteiger partial charge in [-0.1, -0.05) is 12.1 Å². The van der Waals surface area contributed by atoms with E-state index in [1.165, 1.54) is 31.4 Å². The van der Waals surface area contributed by atoms with E-state index < -0.39 is 27.7 Å². The quantitative estimate of drug-likeness (QED) is 0.605. The molecule has 0 saturated heterocycles. The molecular weight excluding hydrogens is 455 g/mol. The van der Waals surface area contributed by atoms with Gasteiger partial charge in [0.1, 0.15) is 5.82 Å². The van der Waals surface area contributed by atoms with Crippen molar-refractivity contribution < 1.29 is 31.1 Å². The van der Waals surface area contributed by atoms with Crippen LogP contribution in [-0.4, -0.2) is 39.7 Å². The smallest absolute Gasteiger partial charge is 0.214 e. The fraction of sp³-hybridized carbons (Fsp3) is 0.292. The molecular formula is C24H24F3NO4S. The van der Waals surface area contributed by atoms with E-state index in [-0.39, 0.29) is 47.9 Å². The van der Waals surface area contributed by atoms with Gasteiger partial charge in [-0.2, -0.15) is 0 Å². The molecule has 1 unspecified atom stereocenters. The number of carbonyl (C=O) groups excluding carboxylic acids is 1. The van der Waals surface area contributed by atoms with Gasteiger partial charge in [0.15, 0.2) is 17.4 Å². The highest BCUT2D eigenvalue weighted by molar-refractivity contribution is 7.89. The lowest BCUT2D eigenvalue weighted by atomic mass is 9.84. The number of carbonyl (C=O) groups is 1. The Labute approximate surface area is 191 Å². The van der Waals surface area contributed by atoms with E-state index in [0.717, 1.165) is 12.1 Å². The first-order chi connectivity index (χ1) is 15.6. The predicted molar refractivity (Wildman–Crippen MR) is 120 cm³/mol. The highest BCUT2D eigenvalue weighted by Gasteiger charge is 2.30. The molecule has 1 saturated carbocycles. The van der Waals surface area contributed by atoms with Crippen LogP contribution >= 0.6 is 0 Å². The first-order valence-electron chi connectivity index (χ1n) is 10.2. The van der Waals surface area contributed by atoms with Gasteiger partial charge in [-0.3, -0.25) is 4.79 Å². The number of halogens is 3. The Balaban J connectivity index is 1.98. The molecule has 2 aromatic carbocycles. The fourth-order valence-corrected chi connectivity index (χ4v) is 4.77. The Hall–Kier alpha value is -2.75. The SMILES string of the molecule is COCCS(=O)(=O)NC1C/C(=C\c2ccc(F)c(C)c2)C(=O)/C(=C/c2ccc(F)c(F)c2)C1. The highest BCUT2D eigenvalue weighted by atomic mass is 32.2. The molecule has 1 aliphatic carbocycles. The number of hydrogen-bond acceptors (Lipinski definition) is 4. The van der Waals surface area contributed by atoms with Gasteiger partial charge in [0.05, 0.1) is 12.4 Å². The van der Waals surface area contributed by atoms with Crippen LogP contribution in [-0.2, 0) is 19.6 Å². The molecule has 9 heteroatoms. The summed E-state index contributed by atoms with van der Waals surface area (Å²) in [6.45, 7) is 1.61. The number of nitrogens with one attached hydrogen (secondary N) is 1. The van der Waals surface area contributed by atoms with Crippen LogP contribution < -0.4 is 4.72 Å². The van der Waals surface area contributed by atoms with E-state index >= 15 is 0 Å². The summed E-state index contributed by atoms with van der Waals surface area (Å²) in [7, 11) is -2.29. The van der Waals surface area contributed by atoms with Gasteiger partial charge in [-0.15, -0.1) is 0 Å². The fourth-order valence-electron chi connectivity index (χ4n) is 3.60. The van der Waals surface area contributed by atoms with E-state index in [9.17, 15) is 26.4 Å². The zero-order valence-electron chi connectivity index (χ0n) is 18.2. The Morgan fingerprint density at radius 3 is 2.09 bits per heavy atom. The summed E-state index contributed by atoms with van der Waals surface area (Å²) in [6, 6.07) is 7.02. The van der Waals surface area contributed by atoms with Gasteiger partial charge in [0.25, 0.3) is 0 Å². The molecule has 1 N–H and O–H groups in total. The summed E-state index contributed by atoms with van der Waals surface area (Å²) >= 11 is 0. The summed E-state index contributed by atoms with van der Waals surface area (Å²) in [5.74, 6) is -3.03. The van der Waals surface area contributed by atoms with Crippen molar-refractivity contribution >= 4 is 28.0 Å². The van der Waals surface area contributed by atoms with Gasteiger partial charge >= 0.3 is 0 Å². The van der Waals surface area contributed by atoms with E-state index in [1.807, 2.05) is 0 Å². The first kappa shape index (κ1) is 24.9. The first-order valence-corrected chi connectivity index (χ1v) is 11.9. The lowest BCUT2D eigenvalue weighted by Crippen LogP contribution is -2.41. The standard InChI is InChI=1S/C24H24F3NO4S/c1-15-9-16(3-5-21(15)25)10-18-13-20(28-33(30,31)8-7-32-2)14-19(24(18)29)11-17-4-6-22(26)23(27)12-17/h3-6,9-12,20,28H,7-8,13-14H2,1-2H3/b18-10+,19-11+. The minimum atomic E-state index is -3.68. The largest absolute Gasteiger partial charge is 0.384 e. The summed E-state index contributed by atoms with van der Waals surface area (Å²) in [5.41, 5.74) is 1.84. The normalized spacial score (nSPS) is 19.4. The van der Waals surface area contributed by atoms with Gasteiger partial charge < -0.3 is 4.74 Å². The second-order valence-electron chi connectivity index (χ2n) is 7.89. The van der Waals surface area contributed by atoms with Crippen LogP contribution in [0, 0.1) is 24.4 Å². The van der Waals surface area contributed by atoms with Gasteiger partial charge in [0.2, 0.25) is 10.0 Å². The zero-order valence-corrected chi connectivity index (χ0v) is 19.0. The molecule has 5 nitrogen and oxygen atoms in total. The molecule has 176 valence electrons. The second-order valence-corrected chi connectivity index (χ2v) is 9.76. The number of aryl methyl sites for hydroxylation is 1. The number of rotatable bonds is 7. The number of ether oxygens (including phenoxy) is 1. The molecule has 2 aromatic rings. The maximum absolute atomic E-state index is 13.6. The zero-order chi connectivity index (χ0) is 24.2. The Kier molecular flexibility index (Phi) is 7.88. The van der Waals surface area contributed by atoms with Crippen LogP contribution in [0.25, 0.3) is 12.2 Å². The maximum atomic E-state index is 13.6. The van der Waals surface area contributed by atoms with Gasteiger partial charge in [-0.25, -0.2) is 26.3 Å². The Bertz CT molecular complexity index is 1150. The van der Waals surface area contributed by atoms with Crippen LogP contribution in [0.1, 0.15) is 29.5 Å². The van der Waals surface area contributed by atoms with Crippen LogP contribution in [0.3, 0.4) is 0 Å². The Morgan fingerprint density at radius 2 is 1.55 bits per heavy atom. The molecule has 0 aromatic heterocycles. The molecule has 1 aliphatic rings. The third-order valence-electron chi connectivity index (χ3n) is 5.23. The molecule has 0 bridgehead atoms. The number of ketones is 1. The third-order valence-corrected chi connectivity index (χ3v) is 6.62. The molecule has 0 heterocycles. The van der Waals surface area contributed by atoms with Crippen molar-refractivity contribution in [2.45, 2.75) is 25.8 Å². The van der Waals surface area contributed by atoms with Crippen LogP contribution in [0.15, 0.2) is 47.5 Å². The van der Waals surface area contributed by atoms with Crippen LogP contribution in [0.5, 0.6) is 0 Å². The summed E-state index contributed by atoms with van der Waals surface area (Å²) in [6.07, 6.45) is 3.20. The second kappa shape index (κ2) is 10.5. The molecule has 0 aliphatic heterocycles.